The van der Waals surface area contributed by atoms with Gasteiger partial charge in [-0.15, -0.1) is 0 Å². The summed E-state index contributed by atoms with van der Waals surface area (Å²) in [5.41, 5.74) is 3.89. The zero-order valence-electron chi connectivity index (χ0n) is 18.4. The van der Waals surface area contributed by atoms with Crippen LogP contribution in [0.4, 0.5) is 4.39 Å². The number of fused-ring (bicyclic) bond motifs is 1. The zero-order valence-corrected chi connectivity index (χ0v) is 19.2. The standard InChI is InChI=1S/C24H23FN4O3S/c1-14(2)33(31,32)19-8-5-16(6-9-19)21-13-27-23-22(29-21)20(12-26-23)24(30)28-11-17-10-18(25)7-4-15(17)3/h4-10,12-14H,11H2,1-3H3,(H,26,27)(H,28,30). The number of aromatic amines is 1. The van der Waals surface area contributed by atoms with Gasteiger partial charge in [0.2, 0.25) is 0 Å². The summed E-state index contributed by atoms with van der Waals surface area (Å²) < 4.78 is 38.2. The average molecular weight is 467 g/mol. The van der Waals surface area contributed by atoms with Gasteiger partial charge in [0.25, 0.3) is 5.91 Å². The number of halogens is 1. The number of sulfone groups is 1. The molecule has 4 rings (SSSR count). The van der Waals surface area contributed by atoms with E-state index in [4.69, 9.17) is 0 Å². The highest BCUT2D eigenvalue weighted by Crippen LogP contribution is 2.24. The molecule has 0 bridgehead atoms. The Bertz CT molecular complexity index is 1440. The van der Waals surface area contributed by atoms with Crippen molar-refractivity contribution in [1.82, 2.24) is 20.3 Å². The topological polar surface area (TPSA) is 105 Å². The summed E-state index contributed by atoms with van der Waals surface area (Å²) >= 11 is 0. The van der Waals surface area contributed by atoms with Crippen molar-refractivity contribution in [2.75, 3.05) is 0 Å². The Balaban J connectivity index is 1.60. The fourth-order valence-electron chi connectivity index (χ4n) is 3.39. The first-order chi connectivity index (χ1) is 15.7. The monoisotopic (exact) mass is 466 g/mol. The molecule has 2 N–H and O–H groups in total. The molecule has 0 saturated heterocycles. The normalized spacial score (nSPS) is 11.8. The van der Waals surface area contributed by atoms with Crippen LogP contribution < -0.4 is 5.32 Å². The molecule has 2 aromatic carbocycles. The van der Waals surface area contributed by atoms with E-state index in [9.17, 15) is 17.6 Å². The molecular formula is C24H23FN4O3S. The van der Waals surface area contributed by atoms with Crippen molar-refractivity contribution >= 4 is 26.9 Å². The predicted molar refractivity (Wildman–Crippen MR) is 124 cm³/mol. The summed E-state index contributed by atoms with van der Waals surface area (Å²) in [5, 5.41) is 2.28. The lowest BCUT2D eigenvalue weighted by Gasteiger charge is -2.09. The van der Waals surface area contributed by atoms with Crippen LogP contribution in [0.5, 0.6) is 0 Å². The molecule has 0 unspecified atom stereocenters. The van der Waals surface area contributed by atoms with Crippen molar-refractivity contribution in [1.29, 1.82) is 0 Å². The number of rotatable bonds is 6. The summed E-state index contributed by atoms with van der Waals surface area (Å²) in [4.78, 5) is 24.9. The van der Waals surface area contributed by atoms with E-state index >= 15 is 0 Å². The second-order valence-electron chi connectivity index (χ2n) is 8.03. The molecule has 0 atom stereocenters. The molecular weight excluding hydrogens is 443 g/mol. The number of aromatic nitrogens is 3. The molecule has 0 saturated carbocycles. The van der Waals surface area contributed by atoms with Gasteiger partial charge in [-0.2, -0.15) is 0 Å². The first kappa shape index (κ1) is 22.6. The molecule has 2 aromatic heterocycles. The Labute approximate surface area is 191 Å². The highest BCUT2D eigenvalue weighted by atomic mass is 32.2. The number of H-pyrrole nitrogens is 1. The molecule has 7 nitrogen and oxygen atoms in total. The van der Waals surface area contributed by atoms with Gasteiger partial charge in [-0.05, 0) is 56.2 Å². The molecule has 0 fully saturated rings. The van der Waals surface area contributed by atoms with Crippen molar-refractivity contribution in [3.8, 4) is 11.3 Å². The third-order valence-electron chi connectivity index (χ3n) is 5.48. The van der Waals surface area contributed by atoms with Crippen LogP contribution in [0.25, 0.3) is 22.4 Å². The number of carbonyl (C=O) groups excluding carboxylic acids is 1. The van der Waals surface area contributed by atoms with Crippen molar-refractivity contribution in [2.24, 2.45) is 0 Å². The van der Waals surface area contributed by atoms with E-state index in [0.29, 0.717) is 33.5 Å². The first-order valence-corrected chi connectivity index (χ1v) is 11.9. The number of nitrogens with zero attached hydrogens (tertiary/aromatic N) is 2. The van der Waals surface area contributed by atoms with E-state index in [1.54, 1.807) is 50.4 Å². The van der Waals surface area contributed by atoms with Crippen LogP contribution in [0.15, 0.2) is 59.8 Å². The molecule has 0 aliphatic heterocycles. The fraction of sp³-hybridized carbons (Fsp3) is 0.208. The maximum atomic E-state index is 13.5. The molecule has 33 heavy (non-hydrogen) atoms. The molecule has 0 radical (unpaired) electrons. The number of carbonyl (C=O) groups is 1. The van der Waals surface area contributed by atoms with Gasteiger partial charge in [0.1, 0.15) is 11.3 Å². The molecule has 0 aliphatic rings. The number of amides is 1. The van der Waals surface area contributed by atoms with E-state index in [2.05, 4.69) is 20.3 Å². The Kier molecular flexibility index (Phi) is 5.99. The van der Waals surface area contributed by atoms with E-state index in [1.807, 2.05) is 6.92 Å². The maximum absolute atomic E-state index is 13.5. The Morgan fingerprint density at radius 3 is 2.58 bits per heavy atom. The maximum Gasteiger partial charge on any atom is 0.255 e. The van der Waals surface area contributed by atoms with E-state index in [0.717, 1.165) is 5.56 Å². The summed E-state index contributed by atoms with van der Waals surface area (Å²) in [6.07, 6.45) is 3.09. The lowest BCUT2D eigenvalue weighted by atomic mass is 10.1. The average Bonchev–Trinajstić information content (AvgIpc) is 3.23. The number of hydrogen-bond acceptors (Lipinski definition) is 5. The number of nitrogens with one attached hydrogen (secondary N) is 2. The Morgan fingerprint density at radius 2 is 1.88 bits per heavy atom. The van der Waals surface area contributed by atoms with E-state index in [1.165, 1.54) is 18.3 Å². The van der Waals surface area contributed by atoms with Gasteiger partial charge in [0.15, 0.2) is 15.5 Å². The van der Waals surface area contributed by atoms with E-state index < -0.39 is 15.1 Å². The molecule has 0 aliphatic carbocycles. The zero-order chi connectivity index (χ0) is 23.8. The quantitative estimate of drug-likeness (QED) is 0.443. The highest BCUT2D eigenvalue weighted by Gasteiger charge is 2.19. The van der Waals surface area contributed by atoms with Crippen LogP contribution in [0, 0.1) is 12.7 Å². The molecule has 1 amide bonds. The fourth-order valence-corrected chi connectivity index (χ4v) is 4.45. The van der Waals surface area contributed by atoms with Crippen molar-refractivity contribution < 1.29 is 17.6 Å². The smallest absolute Gasteiger partial charge is 0.255 e. The minimum atomic E-state index is -3.37. The van der Waals surface area contributed by atoms with Crippen LogP contribution in [-0.4, -0.2) is 34.5 Å². The minimum absolute atomic E-state index is 0.175. The summed E-state index contributed by atoms with van der Waals surface area (Å²) in [6.45, 7) is 5.30. The van der Waals surface area contributed by atoms with Crippen LogP contribution >= 0.6 is 0 Å². The number of hydrogen-bond donors (Lipinski definition) is 2. The summed E-state index contributed by atoms with van der Waals surface area (Å²) in [7, 11) is -3.37. The highest BCUT2D eigenvalue weighted by molar-refractivity contribution is 7.92. The SMILES string of the molecule is Cc1ccc(F)cc1CNC(=O)c1c[nH]c2ncc(-c3ccc(S(=O)(=O)C(C)C)cc3)nc12. The summed E-state index contributed by atoms with van der Waals surface area (Å²) in [6, 6.07) is 10.9. The summed E-state index contributed by atoms with van der Waals surface area (Å²) in [5.74, 6) is -0.727. The van der Waals surface area contributed by atoms with Gasteiger partial charge in [0, 0.05) is 18.3 Å². The third-order valence-corrected chi connectivity index (χ3v) is 7.65. The number of benzene rings is 2. The molecule has 4 aromatic rings. The van der Waals surface area contributed by atoms with Crippen LogP contribution in [-0.2, 0) is 16.4 Å². The van der Waals surface area contributed by atoms with Crippen molar-refractivity contribution in [3.63, 3.8) is 0 Å². The first-order valence-electron chi connectivity index (χ1n) is 10.4. The molecule has 2 heterocycles. The third kappa shape index (κ3) is 4.49. The predicted octanol–water partition coefficient (Wildman–Crippen LogP) is 4.18. The Morgan fingerprint density at radius 1 is 1.15 bits per heavy atom. The lowest BCUT2D eigenvalue weighted by Crippen LogP contribution is -2.23. The Hall–Kier alpha value is -3.59. The van der Waals surface area contributed by atoms with Crippen LogP contribution in [0.1, 0.15) is 35.3 Å². The lowest BCUT2D eigenvalue weighted by molar-refractivity contribution is 0.0952. The van der Waals surface area contributed by atoms with Gasteiger partial charge < -0.3 is 10.3 Å². The van der Waals surface area contributed by atoms with Gasteiger partial charge >= 0.3 is 0 Å². The van der Waals surface area contributed by atoms with Crippen molar-refractivity contribution in [2.45, 2.75) is 37.5 Å². The van der Waals surface area contributed by atoms with Crippen molar-refractivity contribution in [3.05, 3.63) is 77.4 Å². The second kappa shape index (κ2) is 8.74. The second-order valence-corrected chi connectivity index (χ2v) is 10.5. The minimum Gasteiger partial charge on any atom is -0.348 e. The van der Waals surface area contributed by atoms with Gasteiger partial charge in [0.05, 0.1) is 27.6 Å². The van der Waals surface area contributed by atoms with Gasteiger partial charge in [-0.1, -0.05) is 18.2 Å². The van der Waals surface area contributed by atoms with Gasteiger partial charge in [-0.3, -0.25) is 4.79 Å². The van der Waals surface area contributed by atoms with Crippen LogP contribution in [0.3, 0.4) is 0 Å². The van der Waals surface area contributed by atoms with Gasteiger partial charge in [-0.25, -0.2) is 22.8 Å². The molecule has 9 heteroatoms. The molecule has 0 spiro atoms. The number of aryl methyl sites for hydroxylation is 1. The molecule has 170 valence electrons. The largest absolute Gasteiger partial charge is 0.348 e. The van der Waals surface area contributed by atoms with E-state index in [-0.39, 0.29) is 23.2 Å². The van der Waals surface area contributed by atoms with Crippen LogP contribution in [0.2, 0.25) is 0 Å².